The first-order valence-corrected chi connectivity index (χ1v) is 9.88. The fourth-order valence-corrected chi connectivity index (χ4v) is 2.76. The van der Waals surface area contributed by atoms with Crippen LogP contribution in [0.15, 0.2) is 72.0 Å². The molecule has 0 spiro atoms. The smallest absolute Gasteiger partial charge is 0.258 e. The zero-order valence-electron chi connectivity index (χ0n) is 18.1. The number of para-hydroxylation sites is 1. The number of hydrogen-bond acceptors (Lipinski definition) is 5. The number of hydrogen-bond donors (Lipinski definition) is 2. The topological polar surface area (TPSA) is 86.7 Å². The van der Waals surface area contributed by atoms with Crippen LogP contribution in [0, 0.1) is 11.8 Å². The van der Waals surface area contributed by atoms with E-state index < -0.39 is 0 Å². The average molecular weight is 425 g/mol. The molecule has 32 heavy (non-hydrogen) atoms. The number of rotatable bonds is 6. The van der Waals surface area contributed by atoms with Gasteiger partial charge in [0.25, 0.3) is 11.8 Å². The van der Waals surface area contributed by atoms with Crippen LogP contribution in [0.3, 0.4) is 0 Å². The molecule has 7 nitrogen and oxygen atoms in total. The van der Waals surface area contributed by atoms with Gasteiger partial charge < -0.3 is 15.6 Å². The van der Waals surface area contributed by atoms with Crippen LogP contribution in [-0.4, -0.2) is 42.1 Å². The van der Waals surface area contributed by atoms with Crippen molar-refractivity contribution in [3.63, 3.8) is 0 Å². The Hall–Kier alpha value is -4.44. The Morgan fingerprint density at radius 1 is 0.969 bits per heavy atom. The zero-order chi connectivity index (χ0) is 22.9. The van der Waals surface area contributed by atoms with Crippen molar-refractivity contribution in [1.82, 2.24) is 9.99 Å². The number of pyridine rings is 1. The van der Waals surface area contributed by atoms with Gasteiger partial charge in [-0.15, -0.1) is 5.92 Å². The third kappa shape index (κ3) is 6.03. The van der Waals surface area contributed by atoms with Gasteiger partial charge in [0.15, 0.2) is 0 Å². The molecule has 7 heteroatoms. The monoisotopic (exact) mass is 425 g/mol. The Balaban J connectivity index is 1.72. The first-order valence-electron chi connectivity index (χ1n) is 9.88. The standard InChI is InChI=1S/C25H23N5O2/c1-4-7-18-12-15-23(26-16-18)29-25(32)21-8-5-6-9-22(21)28-24(31)20-13-10-19(11-14-20)17-27-30(2)3/h5-6,8-17H,1-3H3,(H,28,31)(H,26,29,32). The molecule has 3 aromatic rings. The molecule has 0 fully saturated rings. The van der Waals surface area contributed by atoms with Crippen molar-refractivity contribution in [2.45, 2.75) is 6.92 Å². The molecule has 0 unspecified atom stereocenters. The van der Waals surface area contributed by atoms with E-state index in [-0.39, 0.29) is 11.8 Å². The number of nitrogens with zero attached hydrogens (tertiary/aromatic N) is 3. The van der Waals surface area contributed by atoms with Gasteiger partial charge in [-0.2, -0.15) is 5.10 Å². The largest absolute Gasteiger partial charge is 0.321 e. The average Bonchev–Trinajstić information content (AvgIpc) is 2.80. The first kappa shape index (κ1) is 22.2. The van der Waals surface area contributed by atoms with Gasteiger partial charge in [-0.25, -0.2) is 4.98 Å². The number of carbonyl (C=O) groups is 2. The number of carbonyl (C=O) groups excluding carboxylic acids is 2. The highest BCUT2D eigenvalue weighted by atomic mass is 16.2. The lowest BCUT2D eigenvalue weighted by atomic mass is 10.1. The van der Waals surface area contributed by atoms with Gasteiger partial charge in [0.2, 0.25) is 0 Å². The number of nitrogens with one attached hydrogen (secondary N) is 2. The van der Waals surface area contributed by atoms with Crippen molar-refractivity contribution in [2.24, 2.45) is 5.10 Å². The molecule has 2 N–H and O–H groups in total. The fourth-order valence-electron chi connectivity index (χ4n) is 2.76. The van der Waals surface area contributed by atoms with E-state index in [4.69, 9.17) is 0 Å². The molecule has 0 aliphatic heterocycles. The molecule has 2 amide bonds. The van der Waals surface area contributed by atoms with E-state index in [0.717, 1.165) is 11.1 Å². The van der Waals surface area contributed by atoms with Crippen LogP contribution in [0.25, 0.3) is 0 Å². The maximum absolute atomic E-state index is 12.8. The summed E-state index contributed by atoms with van der Waals surface area (Å²) in [5.41, 5.74) is 2.84. The lowest BCUT2D eigenvalue weighted by molar-refractivity contribution is 0.102. The maximum atomic E-state index is 12.8. The molecule has 1 aromatic heterocycles. The van der Waals surface area contributed by atoms with Crippen LogP contribution in [-0.2, 0) is 0 Å². The Labute approximate surface area is 187 Å². The summed E-state index contributed by atoms with van der Waals surface area (Å²) >= 11 is 0. The number of anilines is 2. The van der Waals surface area contributed by atoms with Crippen molar-refractivity contribution in [3.8, 4) is 11.8 Å². The molecule has 160 valence electrons. The molecule has 0 saturated heterocycles. The Bertz CT molecular complexity index is 1190. The van der Waals surface area contributed by atoms with E-state index in [9.17, 15) is 9.59 Å². The highest BCUT2D eigenvalue weighted by molar-refractivity contribution is 6.12. The Morgan fingerprint density at radius 2 is 1.72 bits per heavy atom. The van der Waals surface area contributed by atoms with Crippen molar-refractivity contribution in [1.29, 1.82) is 0 Å². The summed E-state index contributed by atoms with van der Waals surface area (Å²) in [5.74, 6) is 5.40. The van der Waals surface area contributed by atoms with Crippen molar-refractivity contribution >= 4 is 29.5 Å². The highest BCUT2D eigenvalue weighted by Gasteiger charge is 2.14. The van der Waals surface area contributed by atoms with Crippen LogP contribution < -0.4 is 10.6 Å². The molecule has 0 radical (unpaired) electrons. The summed E-state index contributed by atoms with van der Waals surface area (Å²) in [7, 11) is 3.66. The summed E-state index contributed by atoms with van der Waals surface area (Å²) in [5, 5.41) is 11.4. The molecular weight excluding hydrogens is 402 g/mol. The summed E-state index contributed by atoms with van der Waals surface area (Å²) in [6, 6.07) is 17.3. The molecule has 1 heterocycles. The number of benzene rings is 2. The summed E-state index contributed by atoms with van der Waals surface area (Å²) in [6.07, 6.45) is 3.30. The number of aromatic nitrogens is 1. The minimum atomic E-state index is -0.377. The van der Waals surface area contributed by atoms with Gasteiger partial charge in [0, 0.05) is 31.4 Å². The fraction of sp³-hybridized carbons (Fsp3) is 0.120. The lowest BCUT2D eigenvalue weighted by Gasteiger charge is -2.11. The summed E-state index contributed by atoms with van der Waals surface area (Å²) < 4.78 is 0. The minimum absolute atomic E-state index is 0.318. The molecule has 0 atom stereocenters. The van der Waals surface area contributed by atoms with Gasteiger partial charge in [-0.3, -0.25) is 9.59 Å². The van der Waals surface area contributed by atoms with Crippen LogP contribution in [0.2, 0.25) is 0 Å². The van der Waals surface area contributed by atoms with Crippen molar-refractivity contribution < 1.29 is 9.59 Å². The van der Waals surface area contributed by atoms with Gasteiger partial charge in [0.1, 0.15) is 5.82 Å². The predicted octanol–water partition coefficient (Wildman–Crippen LogP) is 3.85. The number of amides is 2. The van der Waals surface area contributed by atoms with Gasteiger partial charge >= 0.3 is 0 Å². The highest BCUT2D eigenvalue weighted by Crippen LogP contribution is 2.18. The molecule has 0 aliphatic carbocycles. The van der Waals surface area contributed by atoms with E-state index in [1.807, 2.05) is 14.1 Å². The lowest BCUT2D eigenvalue weighted by Crippen LogP contribution is -2.18. The second-order valence-electron chi connectivity index (χ2n) is 6.97. The van der Waals surface area contributed by atoms with E-state index in [1.165, 1.54) is 0 Å². The second kappa shape index (κ2) is 10.5. The molecule has 0 aliphatic rings. The summed E-state index contributed by atoms with van der Waals surface area (Å²) in [4.78, 5) is 29.7. The molecule has 0 bridgehead atoms. The van der Waals surface area contributed by atoms with E-state index in [1.54, 1.807) is 85.0 Å². The normalized spacial score (nSPS) is 10.2. The number of hydrazone groups is 1. The van der Waals surface area contributed by atoms with Crippen LogP contribution in [0.4, 0.5) is 11.5 Å². The zero-order valence-corrected chi connectivity index (χ0v) is 18.1. The quantitative estimate of drug-likeness (QED) is 0.357. The maximum Gasteiger partial charge on any atom is 0.258 e. The third-order valence-electron chi connectivity index (χ3n) is 4.30. The van der Waals surface area contributed by atoms with Crippen molar-refractivity contribution in [2.75, 3.05) is 24.7 Å². The van der Waals surface area contributed by atoms with Crippen LogP contribution in [0.1, 0.15) is 38.8 Å². The van der Waals surface area contributed by atoms with Crippen molar-refractivity contribution in [3.05, 3.63) is 89.1 Å². The summed E-state index contributed by atoms with van der Waals surface area (Å²) in [6.45, 7) is 1.74. The molecule has 2 aromatic carbocycles. The third-order valence-corrected chi connectivity index (χ3v) is 4.30. The van der Waals surface area contributed by atoms with Crippen LogP contribution >= 0.6 is 0 Å². The Morgan fingerprint density at radius 3 is 2.38 bits per heavy atom. The van der Waals surface area contributed by atoms with Gasteiger partial charge in [-0.1, -0.05) is 30.2 Å². The molecular formula is C25H23N5O2. The second-order valence-corrected chi connectivity index (χ2v) is 6.97. The molecule has 0 saturated carbocycles. The van der Waals surface area contributed by atoms with Gasteiger partial charge in [0.05, 0.1) is 17.5 Å². The Kier molecular flexibility index (Phi) is 7.33. The predicted molar refractivity (Wildman–Crippen MR) is 127 cm³/mol. The van der Waals surface area contributed by atoms with Gasteiger partial charge in [-0.05, 0) is 48.9 Å². The minimum Gasteiger partial charge on any atom is -0.321 e. The van der Waals surface area contributed by atoms with E-state index in [2.05, 4.69) is 32.6 Å². The van der Waals surface area contributed by atoms with Crippen LogP contribution in [0.5, 0.6) is 0 Å². The molecule has 3 rings (SSSR count). The first-order chi connectivity index (χ1) is 15.5. The van der Waals surface area contributed by atoms with E-state index >= 15 is 0 Å². The van der Waals surface area contributed by atoms with E-state index in [0.29, 0.717) is 22.6 Å². The SMILES string of the molecule is CC#Cc1ccc(NC(=O)c2ccccc2NC(=O)c2ccc(C=NN(C)C)cc2)nc1.